The van der Waals surface area contributed by atoms with E-state index in [2.05, 4.69) is 54.6 Å². The Bertz CT molecular complexity index is 1240. The van der Waals surface area contributed by atoms with Gasteiger partial charge in [0, 0.05) is 10.6 Å². The molecule has 0 radical (unpaired) electrons. The highest BCUT2D eigenvalue weighted by atomic mass is 35.5. The van der Waals surface area contributed by atoms with Crippen LogP contribution in [0.3, 0.4) is 0 Å². The molecule has 30 heavy (non-hydrogen) atoms. The normalized spacial score (nSPS) is 12.7. The van der Waals surface area contributed by atoms with E-state index in [4.69, 9.17) is 16.1 Å². The first-order valence-electron chi connectivity index (χ1n) is 9.15. The number of H-pyrrole nitrogens is 1. The van der Waals surface area contributed by atoms with E-state index < -0.39 is 0 Å². The Hall–Kier alpha value is -3.31. The van der Waals surface area contributed by atoms with E-state index in [1.807, 2.05) is 30.5 Å². The van der Waals surface area contributed by atoms with E-state index in [9.17, 15) is 0 Å². The molecule has 4 heterocycles. The van der Waals surface area contributed by atoms with Crippen molar-refractivity contribution in [3.8, 4) is 22.9 Å². The standard InChI is InChI=1S/C18H16ClN9OS/c1-9(2)13(16-24-15(27-29-16)14-20-8-21-25-14)23-17-26-28-7-12(22-18(28)30-17)10-3-5-11(19)6-4-10/h3-9,13H,1-2H3,(H,23,26)(H,20,21,25). The molecule has 4 aromatic heterocycles. The van der Waals surface area contributed by atoms with E-state index in [1.165, 1.54) is 17.7 Å². The van der Waals surface area contributed by atoms with Gasteiger partial charge in [0.15, 0.2) is 5.82 Å². The Morgan fingerprint density at radius 2 is 2.03 bits per heavy atom. The highest BCUT2D eigenvalue weighted by Crippen LogP contribution is 2.30. The van der Waals surface area contributed by atoms with Crippen LogP contribution in [-0.2, 0) is 0 Å². The van der Waals surface area contributed by atoms with Gasteiger partial charge in [-0.1, -0.05) is 54.1 Å². The van der Waals surface area contributed by atoms with E-state index >= 15 is 0 Å². The summed E-state index contributed by atoms with van der Waals surface area (Å²) in [4.78, 5) is 13.9. The predicted octanol–water partition coefficient (Wildman–Crippen LogP) is 4.09. The van der Waals surface area contributed by atoms with Gasteiger partial charge in [0.1, 0.15) is 12.4 Å². The quantitative estimate of drug-likeness (QED) is 0.404. The van der Waals surface area contributed by atoms with Crippen molar-refractivity contribution in [2.75, 3.05) is 5.32 Å². The maximum atomic E-state index is 5.96. The van der Waals surface area contributed by atoms with Gasteiger partial charge in [-0.05, 0) is 18.1 Å². The number of aromatic nitrogens is 8. The van der Waals surface area contributed by atoms with Crippen LogP contribution in [0, 0.1) is 5.92 Å². The molecule has 0 amide bonds. The molecule has 0 aliphatic rings. The highest BCUT2D eigenvalue weighted by molar-refractivity contribution is 7.20. The number of imidazole rings is 1. The lowest BCUT2D eigenvalue weighted by Crippen LogP contribution is -2.17. The van der Waals surface area contributed by atoms with Crippen LogP contribution in [0.25, 0.3) is 27.9 Å². The van der Waals surface area contributed by atoms with Gasteiger partial charge in [-0.25, -0.2) is 14.5 Å². The maximum Gasteiger partial charge on any atom is 0.249 e. The highest BCUT2D eigenvalue weighted by Gasteiger charge is 2.25. The summed E-state index contributed by atoms with van der Waals surface area (Å²) in [6, 6.07) is 7.33. The summed E-state index contributed by atoms with van der Waals surface area (Å²) in [5.74, 6) is 1.44. The molecule has 0 spiro atoms. The van der Waals surface area contributed by atoms with Crippen LogP contribution >= 0.6 is 22.9 Å². The van der Waals surface area contributed by atoms with Crippen LogP contribution in [-0.4, -0.2) is 39.9 Å². The Labute approximate surface area is 179 Å². The first kappa shape index (κ1) is 18.7. The summed E-state index contributed by atoms with van der Waals surface area (Å²) in [6.45, 7) is 4.13. The topological polar surface area (TPSA) is 123 Å². The molecule has 0 aliphatic heterocycles. The maximum absolute atomic E-state index is 5.96. The fourth-order valence-corrected chi connectivity index (χ4v) is 3.88. The van der Waals surface area contributed by atoms with Crippen LogP contribution in [0.5, 0.6) is 0 Å². The van der Waals surface area contributed by atoms with E-state index in [1.54, 1.807) is 4.52 Å². The van der Waals surface area contributed by atoms with Crippen molar-refractivity contribution in [1.29, 1.82) is 0 Å². The van der Waals surface area contributed by atoms with E-state index in [-0.39, 0.29) is 12.0 Å². The molecule has 0 bridgehead atoms. The van der Waals surface area contributed by atoms with Gasteiger partial charge in [-0.3, -0.25) is 5.10 Å². The van der Waals surface area contributed by atoms with Crippen molar-refractivity contribution in [3.05, 3.63) is 47.7 Å². The molecule has 10 nitrogen and oxygen atoms in total. The molecule has 0 aliphatic carbocycles. The second-order valence-corrected chi connectivity index (χ2v) is 8.32. The minimum Gasteiger partial charge on any atom is -0.348 e. The van der Waals surface area contributed by atoms with Crippen LogP contribution in [0.1, 0.15) is 25.8 Å². The molecular formula is C18H16ClN9OS. The second kappa shape index (κ2) is 7.50. The third kappa shape index (κ3) is 3.53. The van der Waals surface area contributed by atoms with Gasteiger partial charge in [-0.2, -0.15) is 10.1 Å². The summed E-state index contributed by atoms with van der Waals surface area (Å²) in [5, 5.41) is 19.9. The lowest BCUT2D eigenvalue weighted by atomic mass is 10.1. The average molecular weight is 442 g/mol. The molecule has 2 N–H and O–H groups in total. The monoisotopic (exact) mass is 441 g/mol. The molecule has 1 unspecified atom stereocenters. The first-order chi connectivity index (χ1) is 14.6. The fraction of sp³-hybridized carbons (Fsp3) is 0.222. The summed E-state index contributed by atoms with van der Waals surface area (Å²) < 4.78 is 7.21. The van der Waals surface area contributed by atoms with Crippen LogP contribution < -0.4 is 5.32 Å². The first-order valence-corrected chi connectivity index (χ1v) is 10.3. The Balaban J connectivity index is 1.39. The SMILES string of the molecule is CC(C)C(Nc1nn2cc(-c3ccc(Cl)cc3)nc2s1)c1nc(-c2ncn[nH]2)no1. The number of fused-ring (bicyclic) bond motifs is 1. The third-order valence-electron chi connectivity index (χ3n) is 4.46. The lowest BCUT2D eigenvalue weighted by Gasteiger charge is -2.17. The number of anilines is 1. The Morgan fingerprint density at radius 1 is 1.20 bits per heavy atom. The van der Waals surface area contributed by atoms with Gasteiger partial charge in [0.05, 0.1) is 11.9 Å². The van der Waals surface area contributed by atoms with E-state index in [0.717, 1.165) is 16.2 Å². The number of halogens is 1. The molecule has 12 heteroatoms. The minimum absolute atomic E-state index is 0.175. The number of nitrogens with zero attached hydrogens (tertiary/aromatic N) is 7. The minimum atomic E-state index is -0.222. The van der Waals surface area contributed by atoms with Crippen molar-refractivity contribution < 1.29 is 4.52 Å². The molecular weight excluding hydrogens is 426 g/mol. The van der Waals surface area contributed by atoms with E-state index in [0.29, 0.717) is 27.7 Å². The van der Waals surface area contributed by atoms with Crippen LogP contribution in [0.15, 0.2) is 41.3 Å². The second-order valence-electron chi connectivity index (χ2n) is 6.92. The molecule has 1 aromatic carbocycles. The summed E-state index contributed by atoms with van der Waals surface area (Å²) in [6.07, 6.45) is 3.28. The number of hydrogen-bond acceptors (Lipinski definition) is 9. The molecule has 0 saturated heterocycles. The summed E-state index contributed by atoms with van der Waals surface area (Å²) in [7, 11) is 0. The van der Waals surface area contributed by atoms with Crippen molar-refractivity contribution >= 4 is 33.0 Å². The fourth-order valence-electron chi connectivity index (χ4n) is 2.94. The average Bonchev–Trinajstić information content (AvgIpc) is 3.49. The largest absolute Gasteiger partial charge is 0.348 e. The summed E-state index contributed by atoms with van der Waals surface area (Å²) in [5.41, 5.74) is 1.82. The van der Waals surface area contributed by atoms with Crippen molar-refractivity contribution in [2.45, 2.75) is 19.9 Å². The van der Waals surface area contributed by atoms with Gasteiger partial charge >= 0.3 is 0 Å². The van der Waals surface area contributed by atoms with Gasteiger partial charge in [-0.15, -0.1) is 5.10 Å². The van der Waals surface area contributed by atoms with Crippen molar-refractivity contribution in [2.24, 2.45) is 5.92 Å². The van der Waals surface area contributed by atoms with Crippen LogP contribution in [0.4, 0.5) is 5.13 Å². The number of nitrogens with one attached hydrogen (secondary N) is 2. The summed E-state index contributed by atoms with van der Waals surface area (Å²) >= 11 is 7.41. The Morgan fingerprint density at radius 3 is 2.73 bits per heavy atom. The molecule has 152 valence electrons. The predicted molar refractivity (Wildman–Crippen MR) is 112 cm³/mol. The molecule has 1 atom stereocenters. The number of benzene rings is 1. The van der Waals surface area contributed by atoms with Crippen LogP contribution in [0.2, 0.25) is 5.02 Å². The molecule has 5 rings (SSSR count). The molecule has 0 fully saturated rings. The zero-order valence-electron chi connectivity index (χ0n) is 15.9. The number of rotatable bonds is 6. The zero-order valence-corrected chi connectivity index (χ0v) is 17.5. The van der Waals surface area contributed by atoms with Gasteiger partial charge in [0.2, 0.25) is 21.8 Å². The smallest absolute Gasteiger partial charge is 0.249 e. The molecule has 0 saturated carbocycles. The lowest BCUT2D eigenvalue weighted by molar-refractivity contribution is 0.335. The number of aromatic amines is 1. The number of hydrogen-bond donors (Lipinski definition) is 2. The van der Waals surface area contributed by atoms with Gasteiger partial charge in [0.25, 0.3) is 0 Å². The van der Waals surface area contributed by atoms with Crippen molar-refractivity contribution in [3.63, 3.8) is 0 Å². The third-order valence-corrected chi connectivity index (χ3v) is 5.57. The zero-order chi connectivity index (χ0) is 20.7. The van der Waals surface area contributed by atoms with Crippen molar-refractivity contribution in [1.82, 2.24) is 39.9 Å². The van der Waals surface area contributed by atoms with Gasteiger partial charge < -0.3 is 9.84 Å². The Kier molecular flexibility index (Phi) is 4.68. The molecule has 5 aromatic rings.